The third kappa shape index (κ3) is 4.63. The van der Waals surface area contributed by atoms with Crippen LogP contribution in [0.4, 0.5) is 8.78 Å². The van der Waals surface area contributed by atoms with Gasteiger partial charge in [-0.3, -0.25) is 0 Å². The average Bonchev–Trinajstić information content (AvgIpc) is 2.34. The molecule has 0 saturated heterocycles. The van der Waals surface area contributed by atoms with E-state index >= 15 is 0 Å². The lowest BCUT2D eigenvalue weighted by atomic mass is 10.3. The largest absolute Gasteiger partial charge is 0.313 e. The quantitative estimate of drug-likeness (QED) is 0.772. The van der Waals surface area contributed by atoms with E-state index in [1.807, 2.05) is 6.92 Å². The summed E-state index contributed by atoms with van der Waals surface area (Å²) in [4.78, 5) is 3.75. The molecule has 8 heteroatoms. The minimum atomic E-state index is -3.95. The van der Waals surface area contributed by atoms with Crippen LogP contribution in [-0.4, -0.2) is 32.9 Å². The van der Waals surface area contributed by atoms with Gasteiger partial charge in [-0.2, -0.15) is 0 Å². The van der Waals surface area contributed by atoms with Crippen LogP contribution in [0, 0.1) is 0 Å². The molecule has 0 fully saturated rings. The van der Waals surface area contributed by atoms with Gasteiger partial charge in [0.25, 0.3) is 16.4 Å². The SMILES string of the molecule is CCNCc1ccc(S(=O)(=O)NCC(F)F)nc1. The highest BCUT2D eigenvalue weighted by Gasteiger charge is 2.17. The Balaban J connectivity index is 2.71. The van der Waals surface area contributed by atoms with E-state index in [1.165, 1.54) is 12.3 Å². The first-order valence-electron chi connectivity index (χ1n) is 5.39. The van der Waals surface area contributed by atoms with Gasteiger partial charge in [-0.25, -0.2) is 26.9 Å². The number of hydrogen-bond acceptors (Lipinski definition) is 4. The molecule has 0 amide bonds. The molecule has 0 aliphatic rings. The predicted octanol–water partition coefficient (Wildman–Crippen LogP) is 0.734. The van der Waals surface area contributed by atoms with E-state index in [4.69, 9.17) is 0 Å². The first-order chi connectivity index (χ1) is 8.45. The highest BCUT2D eigenvalue weighted by atomic mass is 32.2. The number of aromatic nitrogens is 1. The van der Waals surface area contributed by atoms with Gasteiger partial charge in [-0.15, -0.1) is 0 Å². The maximum atomic E-state index is 11.9. The predicted molar refractivity (Wildman–Crippen MR) is 62.8 cm³/mol. The molecule has 1 aromatic heterocycles. The molecule has 0 aromatic carbocycles. The maximum Gasteiger partial charge on any atom is 0.258 e. The minimum absolute atomic E-state index is 0.261. The normalized spacial score (nSPS) is 12.0. The van der Waals surface area contributed by atoms with Crippen molar-refractivity contribution in [3.05, 3.63) is 23.9 Å². The molecule has 1 aromatic rings. The van der Waals surface area contributed by atoms with Crippen LogP contribution < -0.4 is 10.0 Å². The van der Waals surface area contributed by atoms with Gasteiger partial charge in [-0.1, -0.05) is 13.0 Å². The second-order valence-electron chi connectivity index (χ2n) is 3.53. The Labute approximate surface area is 105 Å². The molecule has 5 nitrogen and oxygen atoms in total. The fourth-order valence-electron chi connectivity index (χ4n) is 1.19. The summed E-state index contributed by atoms with van der Waals surface area (Å²) >= 11 is 0. The zero-order chi connectivity index (χ0) is 13.6. The summed E-state index contributed by atoms with van der Waals surface area (Å²) in [6.45, 7) is 2.40. The van der Waals surface area contributed by atoms with Crippen molar-refractivity contribution < 1.29 is 17.2 Å². The van der Waals surface area contributed by atoms with E-state index < -0.39 is 23.0 Å². The Kier molecular flexibility index (Phi) is 5.57. The first-order valence-corrected chi connectivity index (χ1v) is 6.87. The monoisotopic (exact) mass is 279 g/mol. The molecule has 0 aliphatic carbocycles. The molecule has 0 atom stereocenters. The number of nitrogens with one attached hydrogen (secondary N) is 2. The summed E-state index contributed by atoms with van der Waals surface area (Å²) in [5.41, 5.74) is 0.824. The first kappa shape index (κ1) is 14.9. The van der Waals surface area contributed by atoms with Crippen LogP contribution in [-0.2, 0) is 16.6 Å². The smallest absolute Gasteiger partial charge is 0.258 e. The summed E-state index contributed by atoms with van der Waals surface area (Å²) in [5, 5.41) is 2.80. The van der Waals surface area contributed by atoms with Gasteiger partial charge >= 0.3 is 0 Å². The van der Waals surface area contributed by atoms with Crippen LogP contribution >= 0.6 is 0 Å². The second-order valence-corrected chi connectivity index (χ2v) is 5.24. The van der Waals surface area contributed by atoms with Gasteiger partial charge in [0.1, 0.15) is 0 Å². The number of halogens is 2. The number of rotatable bonds is 7. The summed E-state index contributed by atoms with van der Waals surface area (Å²) in [5.74, 6) is 0. The van der Waals surface area contributed by atoms with Crippen LogP contribution in [0.1, 0.15) is 12.5 Å². The lowest BCUT2D eigenvalue weighted by molar-refractivity contribution is 0.153. The van der Waals surface area contributed by atoms with Crippen LogP contribution in [0.15, 0.2) is 23.4 Å². The summed E-state index contributed by atoms with van der Waals surface area (Å²) in [6, 6.07) is 2.88. The summed E-state index contributed by atoms with van der Waals surface area (Å²) in [7, 11) is -3.95. The molecule has 0 spiro atoms. The van der Waals surface area contributed by atoms with E-state index in [1.54, 1.807) is 10.8 Å². The van der Waals surface area contributed by atoms with Gasteiger partial charge in [0, 0.05) is 12.7 Å². The third-order valence-electron chi connectivity index (χ3n) is 2.08. The number of alkyl halides is 2. The van der Waals surface area contributed by atoms with E-state index in [2.05, 4.69) is 10.3 Å². The van der Waals surface area contributed by atoms with Crippen molar-refractivity contribution in [2.24, 2.45) is 0 Å². The lowest BCUT2D eigenvalue weighted by Crippen LogP contribution is -2.29. The van der Waals surface area contributed by atoms with E-state index in [9.17, 15) is 17.2 Å². The third-order valence-corrected chi connectivity index (χ3v) is 3.42. The maximum absolute atomic E-state index is 11.9. The summed E-state index contributed by atoms with van der Waals surface area (Å²) < 4.78 is 48.7. The van der Waals surface area contributed by atoms with Gasteiger partial charge in [0.15, 0.2) is 5.03 Å². The van der Waals surface area contributed by atoms with Crippen LogP contribution in [0.25, 0.3) is 0 Å². The van der Waals surface area contributed by atoms with Gasteiger partial charge in [0.05, 0.1) is 6.54 Å². The van der Waals surface area contributed by atoms with Crippen molar-refractivity contribution in [3.8, 4) is 0 Å². The van der Waals surface area contributed by atoms with E-state index in [0.717, 1.165) is 12.1 Å². The summed E-state index contributed by atoms with van der Waals surface area (Å²) in [6.07, 6.45) is -1.33. The van der Waals surface area contributed by atoms with Crippen LogP contribution in [0.3, 0.4) is 0 Å². The fraction of sp³-hybridized carbons (Fsp3) is 0.500. The Morgan fingerprint density at radius 1 is 1.39 bits per heavy atom. The molecule has 0 bridgehead atoms. The van der Waals surface area contributed by atoms with Crippen molar-refractivity contribution in [3.63, 3.8) is 0 Å². The number of hydrogen-bond donors (Lipinski definition) is 2. The Morgan fingerprint density at radius 2 is 2.11 bits per heavy atom. The molecule has 0 saturated carbocycles. The van der Waals surface area contributed by atoms with E-state index in [0.29, 0.717) is 6.54 Å². The molecule has 2 N–H and O–H groups in total. The van der Waals surface area contributed by atoms with Gasteiger partial charge in [-0.05, 0) is 18.2 Å². The number of pyridine rings is 1. The molecule has 102 valence electrons. The van der Waals surface area contributed by atoms with Crippen molar-refractivity contribution in [1.29, 1.82) is 0 Å². The molecule has 18 heavy (non-hydrogen) atoms. The zero-order valence-corrected chi connectivity index (χ0v) is 10.7. The van der Waals surface area contributed by atoms with Crippen molar-refractivity contribution in [2.45, 2.75) is 24.9 Å². The topological polar surface area (TPSA) is 71.1 Å². The van der Waals surface area contributed by atoms with Crippen LogP contribution in [0.2, 0.25) is 0 Å². The lowest BCUT2D eigenvalue weighted by Gasteiger charge is -2.06. The van der Waals surface area contributed by atoms with Crippen molar-refractivity contribution in [2.75, 3.05) is 13.1 Å². The van der Waals surface area contributed by atoms with Gasteiger partial charge in [0.2, 0.25) is 0 Å². The molecular weight excluding hydrogens is 264 g/mol. The Bertz CT molecular complexity index is 463. The number of nitrogens with zero attached hydrogens (tertiary/aromatic N) is 1. The molecule has 1 rings (SSSR count). The second kappa shape index (κ2) is 6.72. The van der Waals surface area contributed by atoms with Crippen LogP contribution in [0.5, 0.6) is 0 Å². The molecule has 0 aliphatic heterocycles. The fourth-order valence-corrected chi connectivity index (χ4v) is 2.12. The molecule has 0 unspecified atom stereocenters. The zero-order valence-electron chi connectivity index (χ0n) is 9.86. The minimum Gasteiger partial charge on any atom is -0.313 e. The number of sulfonamides is 1. The average molecular weight is 279 g/mol. The van der Waals surface area contributed by atoms with Crippen molar-refractivity contribution in [1.82, 2.24) is 15.0 Å². The Hall–Kier alpha value is -1.12. The standard InChI is InChI=1S/C10H15F2N3O2S/c1-2-13-5-8-3-4-10(14-6-8)18(16,17)15-7-9(11)12/h3-4,6,9,13,15H,2,5,7H2,1H3. The molecule has 0 radical (unpaired) electrons. The van der Waals surface area contributed by atoms with Gasteiger partial charge < -0.3 is 5.32 Å². The highest BCUT2D eigenvalue weighted by Crippen LogP contribution is 2.07. The van der Waals surface area contributed by atoms with E-state index in [-0.39, 0.29) is 5.03 Å². The van der Waals surface area contributed by atoms with Crippen molar-refractivity contribution >= 4 is 10.0 Å². The molecular formula is C10H15F2N3O2S. The Morgan fingerprint density at radius 3 is 2.61 bits per heavy atom. The highest BCUT2D eigenvalue weighted by molar-refractivity contribution is 7.89. The molecule has 1 heterocycles.